The van der Waals surface area contributed by atoms with Gasteiger partial charge in [-0.3, -0.25) is 4.79 Å². The summed E-state index contributed by atoms with van der Waals surface area (Å²) in [5.74, 6) is -1.24. The molecule has 1 fully saturated rings. The Kier molecular flexibility index (Phi) is 5.46. The molecule has 134 valence electrons. The first-order chi connectivity index (χ1) is 11.3. The molecule has 0 N–H and O–H groups in total. The number of esters is 2. The fourth-order valence-electron chi connectivity index (χ4n) is 2.94. The second kappa shape index (κ2) is 7.19. The molecule has 1 aliphatic rings. The maximum atomic E-state index is 12.3. The number of nitrogens with zero attached hydrogens (tertiary/aromatic N) is 3. The van der Waals surface area contributed by atoms with Gasteiger partial charge in [0.1, 0.15) is 0 Å². The Morgan fingerprint density at radius 3 is 2.42 bits per heavy atom. The molecule has 2 atom stereocenters. The van der Waals surface area contributed by atoms with E-state index in [1.807, 2.05) is 4.90 Å². The number of anilines is 1. The predicted octanol–water partition coefficient (Wildman–Crippen LogP) is 1.91. The molecule has 2 rings (SSSR count). The second-order valence-electron chi connectivity index (χ2n) is 6.85. The zero-order valence-electron chi connectivity index (χ0n) is 14.9. The lowest BCUT2D eigenvalue weighted by molar-refractivity contribution is -0.149. The molecule has 1 aromatic heterocycles. The first-order valence-electron chi connectivity index (χ1n) is 8.20. The van der Waals surface area contributed by atoms with Crippen LogP contribution in [0.25, 0.3) is 0 Å². The summed E-state index contributed by atoms with van der Waals surface area (Å²) >= 11 is 0. The van der Waals surface area contributed by atoms with Crippen LogP contribution >= 0.6 is 0 Å². The molecule has 0 bridgehead atoms. The van der Waals surface area contributed by atoms with Crippen LogP contribution in [0.3, 0.4) is 0 Å². The van der Waals surface area contributed by atoms with Gasteiger partial charge in [0, 0.05) is 13.1 Å². The first-order valence-corrected chi connectivity index (χ1v) is 8.20. The standard InChI is InChI=1S/C16H25N3O5/c1-6-22-13(20)10-8-19(9-11(10)16(3,4)5)15-18-17-12(24-15)14(21)23-7-2/h10-11H,6-9H2,1-5H3/t10-,11-/m1/s1. The predicted molar refractivity (Wildman–Crippen MR) is 85.5 cm³/mol. The van der Waals surface area contributed by atoms with E-state index in [2.05, 4.69) is 31.0 Å². The number of carbonyl (C=O) groups excluding carboxylic acids is 2. The van der Waals surface area contributed by atoms with Crippen molar-refractivity contribution >= 4 is 18.0 Å². The SMILES string of the molecule is CCOC(=O)c1nnc(N2C[C@@H](C(C)(C)C)[C@H](C(=O)OCC)C2)o1. The highest BCUT2D eigenvalue weighted by Gasteiger charge is 2.45. The van der Waals surface area contributed by atoms with Crippen molar-refractivity contribution in [2.75, 3.05) is 31.2 Å². The Bertz CT molecular complexity index is 593. The molecule has 1 aliphatic heterocycles. The highest BCUT2D eigenvalue weighted by atomic mass is 16.5. The molecule has 24 heavy (non-hydrogen) atoms. The van der Waals surface area contributed by atoms with Gasteiger partial charge in [-0.05, 0) is 25.2 Å². The van der Waals surface area contributed by atoms with Crippen molar-refractivity contribution in [3.63, 3.8) is 0 Å². The average molecular weight is 339 g/mol. The third-order valence-corrected chi connectivity index (χ3v) is 4.16. The van der Waals surface area contributed by atoms with E-state index in [1.165, 1.54) is 0 Å². The van der Waals surface area contributed by atoms with Crippen LogP contribution in [0.4, 0.5) is 6.01 Å². The van der Waals surface area contributed by atoms with Crippen LogP contribution in [0, 0.1) is 17.3 Å². The molecule has 0 amide bonds. The summed E-state index contributed by atoms with van der Waals surface area (Å²) in [6, 6.07) is 0.221. The monoisotopic (exact) mass is 339 g/mol. The smallest absolute Gasteiger partial charge is 0.396 e. The van der Waals surface area contributed by atoms with E-state index in [9.17, 15) is 9.59 Å². The normalized spacial score (nSPS) is 21.0. The molecule has 1 saturated heterocycles. The number of ether oxygens (including phenoxy) is 2. The van der Waals surface area contributed by atoms with Crippen LogP contribution in [-0.4, -0.2) is 48.4 Å². The van der Waals surface area contributed by atoms with Gasteiger partial charge in [0.25, 0.3) is 0 Å². The quantitative estimate of drug-likeness (QED) is 0.751. The molecule has 0 unspecified atom stereocenters. The molecule has 0 radical (unpaired) electrons. The van der Waals surface area contributed by atoms with E-state index in [-0.39, 0.29) is 41.7 Å². The first kappa shape index (κ1) is 18.2. The minimum Gasteiger partial charge on any atom is -0.466 e. The van der Waals surface area contributed by atoms with E-state index in [1.54, 1.807) is 13.8 Å². The molecule has 8 heteroatoms. The fourth-order valence-corrected chi connectivity index (χ4v) is 2.94. The van der Waals surface area contributed by atoms with E-state index in [4.69, 9.17) is 13.9 Å². The summed E-state index contributed by atoms with van der Waals surface area (Å²) in [6.07, 6.45) is 0. The van der Waals surface area contributed by atoms with E-state index in [0.717, 1.165) is 0 Å². The van der Waals surface area contributed by atoms with Gasteiger partial charge in [0.15, 0.2) is 0 Å². The lowest BCUT2D eigenvalue weighted by Crippen LogP contribution is -2.33. The van der Waals surface area contributed by atoms with Crippen molar-refractivity contribution < 1.29 is 23.5 Å². The van der Waals surface area contributed by atoms with Crippen molar-refractivity contribution in [1.29, 1.82) is 0 Å². The zero-order valence-corrected chi connectivity index (χ0v) is 14.9. The van der Waals surface area contributed by atoms with Crippen molar-refractivity contribution in [3.05, 3.63) is 5.89 Å². The third-order valence-electron chi connectivity index (χ3n) is 4.16. The number of carbonyl (C=O) groups is 2. The van der Waals surface area contributed by atoms with Gasteiger partial charge in [-0.25, -0.2) is 4.79 Å². The summed E-state index contributed by atoms with van der Waals surface area (Å²) in [5.41, 5.74) is -0.0871. The Balaban J connectivity index is 2.18. The number of aromatic nitrogens is 2. The topological polar surface area (TPSA) is 94.8 Å². The maximum absolute atomic E-state index is 12.3. The Hall–Kier alpha value is -2.12. The van der Waals surface area contributed by atoms with Crippen molar-refractivity contribution in [2.24, 2.45) is 17.3 Å². The lowest BCUT2D eigenvalue weighted by atomic mass is 9.75. The minimum absolute atomic E-state index is 0.0782. The minimum atomic E-state index is -0.648. The van der Waals surface area contributed by atoms with Crippen LogP contribution in [-0.2, 0) is 14.3 Å². The van der Waals surface area contributed by atoms with Crippen molar-refractivity contribution in [1.82, 2.24) is 10.2 Å². The lowest BCUT2D eigenvalue weighted by Gasteiger charge is -2.30. The van der Waals surface area contributed by atoms with Crippen molar-refractivity contribution in [2.45, 2.75) is 34.6 Å². The second-order valence-corrected chi connectivity index (χ2v) is 6.85. The molecule has 8 nitrogen and oxygen atoms in total. The van der Waals surface area contributed by atoms with Crippen molar-refractivity contribution in [3.8, 4) is 0 Å². The Labute approximate surface area is 141 Å². The van der Waals surface area contributed by atoms with E-state index in [0.29, 0.717) is 19.7 Å². The van der Waals surface area contributed by atoms with Gasteiger partial charge < -0.3 is 18.8 Å². The molecule has 1 aromatic rings. The van der Waals surface area contributed by atoms with Gasteiger partial charge in [0.2, 0.25) is 0 Å². The van der Waals surface area contributed by atoms with Crippen LogP contribution in [0.1, 0.15) is 45.3 Å². The average Bonchev–Trinajstić information content (AvgIpc) is 3.14. The van der Waals surface area contributed by atoms with E-state index >= 15 is 0 Å². The van der Waals surface area contributed by atoms with Gasteiger partial charge in [0.05, 0.1) is 19.1 Å². The highest BCUT2D eigenvalue weighted by molar-refractivity contribution is 5.84. The molecule has 0 spiro atoms. The fraction of sp³-hybridized carbons (Fsp3) is 0.750. The summed E-state index contributed by atoms with van der Waals surface area (Å²) in [5, 5.41) is 7.64. The Morgan fingerprint density at radius 1 is 1.17 bits per heavy atom. The molecular weight excluding hydrogens is 314 g/mol. The van der Waals surface area contributed by atoms with E-state index < -0.39 is 5.97 Å². The summed E-state index contributed by atoms with van der Waals surface area (Å²) in [7, 11) is 0. The largest absolute Gasteiger partial charge is 0.466 e. The van der Waals surface area contributed by atoms with Crippen LogP contribution in [0.15, 0.2) is 4.42 Å². The number of rotatable bonds is 5. The third kappa shape index (κ3) is 3.85. The molecule has 0 aromatic carbocycles. The van der Waals surface area contributed by atoms with Gasteiger partial charge in [-0.15, -0.1) is 0 Å². The Morgan fingerprint density at radius 2 is 1.83 bits per heavy atom. The summed E-state index contributed by atoms with van der Waals surface area (Å²) in [6.45, 7) is 11.3. The van der Waals surface area contributed by atoms with Gasteiger partial charge >= 0.3 is 23.8 Å². The molecule has 0 aliphatic carbocycles. The molecule has 0 saturated carbocycles. The highest BCUT2D eigenvalue weighted by Crippen LogP contribution is 2.39. The number of hydrogen-bond donors (Lipinski definition) is 0. The van der Waals surface area contributed by atoms with Crippen LogP contribution in [0.5, 0.6) is 0 Å². The molecular formula is C16H25N3O5. The maximum Gasteiger partial charge on any atom is 0.396 e. The van der Waals surface area contributed by atoms with Crippen LogP contribution in [0.2, 0.25) is 0 Å². The van der Waals surface area contributed by atoms with Crippen LogP contribution < -0.4 is 4.90 Å². The summed E-state index contributed by atoms with van der Waals surface area (Å²) in [4.78, 5) is 25.8. The summed E-state index contributed by atoms with van der Waals surface area (Å²) < 4.78 is 15.5. The molecule has 2 heterocycles. The van der Waals surface area contributed by atoms with Gasteiger partial charge in [-0.1, -0.05) is 31.0 Å². The number of hydrogen-bond acceptors (Lipinski definition) is 8. The zero-order chi connectivity index (χ0) is 17.9. The van der Waals surface area contributed by atoms with Gasteiger partial charge in [-0.2, -0.15) is 0 Å².